The van der Waals surface area contributed by atoms with Gasteiger partial charge in [-0.1, -0.05) is 0 Å². The highest BCUT2D eigenvalue weighted by Gasteiger charge is 2.25. The summed E-state index contributed by atoms with van der Waals surface area (Å²) in [6.45, 7) is 2.72. The Kier molecular flexibility index (Phi) is 6.47. The molecule has 0 spiro atoms. The van der Waals surface area contributed by atoms with Gasteiger partial charge in [-0.15, -0.1) is 0 Å². The van der Waals surface area contributed by atoms with Crippen LogP contribution < -0.4 is 21.3 Å². The molecular weight excluding hydrogens is 334 g/mol. The summed E-state index contributed by atoms with van der Waals surface area (Å²) in [6, 6.07) is 7.86. The lowest BCUT2D eigenvalue weighted by Gasteiger charge is -2.21. The van der Waals surface area contributed by atoms with Crippen LogP contribution in [0.5, 0.6) is 0 Å². The molecule has 1 aromatic rings. The lowest BCUT2D eigenvalue weighted by molar-refractivity contribution is -0.124. The minimum atomic E-state index is -0.810. The molecular formula is C18H21N5O3. The number of carbonyl (C=O) groups is 3. The van der Waals surface area contributed by atoms with E-state index in [4.69, 9.17) is 5.73 Å². The molecule has 1 aromatic carbocycles. The Morgan fingerprint density at radius 2 is 1.88 bits per heavy atom. The number of nitrogens with one attached hydrogen (secondary N) is 2. The van der Waals surface area contributed by atoms with Gasteiger partial charge in [-0.25, -0.2) is 4.90 Å². The number of benzene rings is 1. The first-order valence-corrected chi connectivity index (χ1v) is 8.26. The molecule has 2 rings (SSSR count). The van der Waals surface area contributed by atoms with Crippen molar-refractivity contribution in [3.8, 4) is 6.07 Å². The quantitative estimate of drug-likeness (QED) is 0.414. The number of hydrogen-bond acceptors (Lipinski definition) is 6. The van der Waals surface area contributed by atoms with Gasteiger partial charge in [0.15, 0.2) is 0 Å². The second-order valence-electron chi connectivity index (χ2n) is 5.95. The number of anilines is 2. The van der Waals surface area contributed by atoms with E-state index < -0.39 is 11.8 Å². The minimum Gasteiger partial charge on any atom is -0.399 e. The Morgan fingerprint density at radius 3 is 2.42 bits per heavy atom. The third-order valence-corrected chi connectivity index (χ3v) is 4.09. The van der Waals surface area contributed by atoms with E-state index in [1.54, 1.807) is 18.2 Å². The molecule has 26 heavy (non-hydrogen) atoms. The van der Waals surface area contributed by atoms with Gasteiger partial charge in [0.1, 0.15) is 11.6 Å². The van der Waals surface area contributed by atoms with E-state index in [0.717, 1.165) is 24.2 Å². The van der Waals surface area contributed by atoms with Crippen LogP contribution >= 0.6 is 0 Å². The van der Waals surface area contributed by atoms with Crippen molar-refractivity contribution in [3.63, 3.8) is 0 Å². The number of amides is 3. The highest BCUT2D eigenvalue weighted by Crippen LogP contribution is 2.19. The van der Waals surface area contributed by atoms with Crippen molar-refractivity contribution in [1.82, 2.24) is 10.6 Å². The predicted molar refractivity (Wildman–Crippen MR) is 96.5 cm³/mol. The fourth-order valence-corrected chi connectivity index (χ4v) is 2.67. The highest BCUT2D eigenvalue weighted by atomic mass is 16.2. The normalized spacial score (nSPS) is 15.0. The summed E-state index contributed by atoms with van der Waals surface area (Å²) in [5.74, 6) is -1.77. The van der Waals surface area contributed by atoms with E-state index in [9.17, 15) is 19.6 Å². The molecule has 3 amide bonds. The van der Waals surface area contributed by atoms with Crippen molar-refractivity contribution >= 4 is 29.1 Å². The summed E-state index contributed by atoms with van der Waals surface area (Å²) >= 11 is 0. The zero-order chi connectivity index (χ0) is 19.1. The highest BCUT2D eigenvalue weighted by molar-refractivity contribution is 6.21. The number of imide groups is 1. The van der Waals surface area contributed by atoms with Crippen LogP contribution in [0.4, 0.5) is 11.4 Å². The van der Waals surface area contributed by atoms with Crippen LogP contribution in [0.1, 0.15) is 19.8 Å². The van der Waals surface area contributed by atoms with Crippen LogP contribution in [0.2, 0.25) is 0 Å². The van der Waals surface area contributed by atoms with Gasteiger partial charge in [-0.05, 0) is 50.2 Å². The maximum atomic E-state index is 12.6. The van der Waals surface area contributed by atoms with Gasteiger partial charge in [0.05, 0.1) is 5.69 Å². The summed E-state index contributed by atoms with van der Waals surface area (Å²) in [7, 11) is 0. The van der Waals surface area contributed by atoms with E-state index in [1.807, 2.05) is 0 Å². The molecule has 8 nitrogen and oxygen atoms in total. The first kappa shape index (κ1) is 19.1. The second-order valence-corrected chi connectivity index (χ2v) is 5.95. The van der Waals surface area contributed by atoms with Gasteiger partial charge in [-0.3, -0.25) is 14.4 Å². The number of carbonyl (C=O) groups excluding carboxylic acids is 3. The predicted octanol–water partition coefficient (Wildman–Crippen LogP) is 0.672. The van der Waals surface area contributed by atoms with E-state index in [0.29, 0.717) is 24.2 Å². The zero-order valence-corrected chi connectivity index (χ0v) is 14.5. The van der Waals surface area contributed by atoms with Crippen molar-refractivity contribution < 1.29 is 14.4 Å². The lowest BCUT2D eigenvalue weighted by atomic mass is 9.97. The SMILES string of the molecule is CC(=O)N(C(=O)/C(C#N)=C\NC(=O)C1CCNCC1)c1ccc(N)cc1. The van der Waals surface area contributed by atoms with Crippen LogP contribution in [0.15, 0.2) is 36.0 Å². The fourth-order valence-electron chi connectivity index (χ4n) is 2.67. The van der Waals surface area contributed by atoms with Crippen molar-refractivity contribution in [2.45, 2.75) is 19.8 Å². The molecule has 1 aliphatic rings. The van der Waals surface area contributed by atoms with E-state index >= 15 is 0 Å². The molecule has 0 aromatic heterocycles. The first-order chi connectivity index (χ1) is 12.4. The van der Waals surface area contributed by atoms with Gasteiger partial charge in [0.2, 0.25) is 11.8 Å². The van der Waals surface area contributed by atoms with Crippen molar-refractivity contribution in [2.24, 2.45) is 5.92 Å². The molecule has 1 saturated heterocycles. The van der Waals surface area contributed by atoms with E-state index in [-0.39, 0.29) is 17.4 Å². The van der Waals surface area contributed by atoms with E-state index in [2.05, 4.69) is 10.6 Å². The molecule has 0 aliphatic carbocycles. The van der Waals surface area contributed by atoms with Crippen LogP contribution in [0.25, 0.3) is 0 Å². The molecule has 0 unspecified atom stereocenters. The number of nitrogen functional groups attached to an aromatic ring is 1. The maximum absolute atomic E-state index is 12.6. The largest absolute Gasteiger partial charge is 0.399 e. The summed E-state index contributed by atoms with van der Waals surface area (Å²) < 4.78 is 0. The van der Waals surface area contributed by atoms with Gasteiger partial charge in [-0.2, -0.15) is 5.26 Å². The Labute approximate surface area is 151 Å². The molecule has 1 fully saturated rings. The fraction of sp³-hybridized carbons (Fsp3) is 0.333. The van der Waals surface area contributed by atoms with Gasteiger partial charge in [0.25, 0.3) is 5.91 Å². The van der Waals surface area contributed by atoms with E-state index in [1.165, 1.54) is 19.1 Å². The average Bonchev–Trinajstić information content (AvgIpc) is 2.64. The number of nitrogens with two attached hydrogens (primary N) is 1. The lowest BCUT2D eigenvalue weighted by Crippen LogP contribution is -2.38. The van der Waals surface area contributed by atoms with Crippen LogP contribution in [0, 0.1) is 17.2 Å². The zero-order valence-electron chi connectivity index (χ0n) is 14.5. The first-order valence-electron chi connectivity index (χ1n) is 8.26. The van der Waals surface area contributed by atoms with Crippen LogP contribution in [0.3, 0.4) is 0 Å². The summed E-state index contributed by atoms with van der Waals surface area (Å²) in [6.07, 6.45) is 2.46. The van der Waals surface area contributed by atoms with Crippen LogP contribution in [-0.2, 0) is 14.4 Å². The summed E-state index contributed by atoms with van der Waals surface area (Å²) in [4.78, 5) is 37.6. The van der Waals surface area contributed by atoms with Crippen molar-refractivity contribution in [3.05, 3.63) is 36.0 Å². The molecule has 8 heteroatoms. The Hall–Kier alpha value is -3.18. The monoisotopic (exact) mass is 355 g/mol. The third kappa shape index (κ3) is 4.68. The Bertz CT molecular complexity index is 758. The molecule has 4 N–H and O–H groups in total. The Morgan fingerprint density at radius 1 is 1.27 bits per heavy atom. The number of rotatable bonds is 4. The minimum absolute atomic E-state index is 0.163. The average molecular weight is 355 g/mol. The maximum Gasteiger partial charge on any atom is 0.277 e. The molecule has 0 radical (unpaired) electrons. The third-order valence-electron chi connectivity index (χ3n) is 4.09. The molecule has 0 saturated carbocycles. The molecule has 0 bridgehead atoms. The number of nitrogens with zero attached hydrogens (tertiary/aromatic N) is 2. The summed E-state index contributed by atoms with van der Waals surface area (Å²) in [5.41, 5.74) is 6.05. The van der Waals surface area contributed by atoms with Crippen LogP contribution in [-0.4, -0.2) is 30.8 Å². The number of piperidine rings is 1. The van der Waals surface area contributed by atoms with Gasteiger partial charge >= 0.3 is 0 Å². The number of nitriles is 1. The molecule has 1 heterocycles. The number of hydrogen-bond donors (Lipinski definition) is 3. The van der Waals surface area contributed by atoms with Gasteiger partial charge in [0, 0.05) is 24.7 Å². The molecule has 0 atom stereocenters. The molecule has 1 aliphatic heterocycles. The topological polar surface area (TPSA) is 128 Å². The van der Waals surface area contributed by atoms with Gasteiger partial charge < -0.3 is 16.4 Å². The smallest absolute Gasteiger partial charge is 0.277 e. The van der Waals surface area contributed by atoms with Crippen molar-refractivity contribution in [2.75, 3.05) is 23.7 Å². The Balaban J connectivity index is 2.16. The second kappa shape index (κ2) is 8.78. The summed E-state index contributed by atoms with van der Waals surface area (Å²) in [5, 5.41) is 15.0. The van der Waals surface area contributed by atoms with Crippen molar-refractivity contribution in [1.29, 1.82) is 5.26 Å². The molecule has 136 valence electrons. The standard InChI is InChI=1S/C18H21N5O3/c1-12(24)23(16-4-2-15(20)3-5-16)18(26)14(10-19)11-22-17(25)13-6-8-21-9-7-13/h2-5,11,13,21H,6-9,20H2,1H3,(H,22,25)/b14-11-.